The Hall–Kier alpha value is -2.28. The van der Waals surface area contributed by atoms with E-state index in [-0.39, 0.29) is 18.2 Å². The molecule has 0 spiro atoms. The van der Waals surface area contributed by atoms with Crippen LogP contribution in [0.25, 0.3) is 0 Å². The minimum Gasteiger partial charge on any atom is -0.444 e. The summed E-state index contributed by atoms with van der Waals surface area (Å²) in [6, 6.07) is 8.00. The first-order valence-corrected chi connectivity index (χ1v) is 12.5. The fourth-order valence-corrected chi connectivity index (χ4v) is 3.43. The van der Waals surface area contributed by atoms with Crippen molar-refractivity contribution in [3.8, 4) is 0 Å². The Labute approximate surface area is 211 Å². The van der Waals surface area contributed by atoms with Gasteiger partial charge in [-0.05, 0) is 83.6 Å². The maximum Gasteiger partial charge on any atom is 0.407 e. The molecular formula is C26H44ClN5O2. The summed E-state index contributed by atoms with van der Waals surface area (Å²) in [5.74, 6) is 0.719. The number of carbonyl (C=O) groups excluding carboxylic acids is 1. The fourth-order valence-electron chi connectivity index (χ4n) is 3.31. The van der Waals surface area contributed by atoms with Crippen molar-refractivity contribution in [2.75, 3.05) is 25.5 Å². The van der Waals surface area contributed by atoms with Gasteiger partial charge in [-0.1, -0.05) is 42.8 Å². The Morgan fingerprint density at radius 2 is 1.82 bits per heavy atom. The summed E-state index contributed by atoms with van der Waals surface area (Å²) in [6.07, 6.45) is 5.58. The Bertz CT molecular complexity index is 776. The van der Waals surface area contributed by atoms with Gasteiger partial charge in [-0.25, -0.2) is 4.79 Å². The molecule has 34 heavy (non-hydrogen) atoms. The summed E-state index contributed by atoms with van der Waals surface area (Å²) in [5.41, 5.74) is 0.553. The van der Waals surface area contributed by atoms with E-state index in [1.54, 1.807) is 0 Å². The molecule has 1 aromatic rings. The SMILES string of the molecule is C/C=C/C(CCN(C)N=NC(C)[C@@H](C)C(C)CCNC(=O)OC(C)(C)C)Nc1ccc(Cl)cc1. The van der Waals surface area contributed by atoms with Crippen molar-refractivity contribution >= 4 is 23.4 Å². The second-order valence-electron chi connectivity index (χ2n) is 9.95. The summed E-state index contributed by atoms with van der Waals surface area (Å²) in [4.78, 5) is 11.8. The lowest BCUT2D eigenvalue weighted by Crippen LogP contribution is -2.34. The monoisotopic (exact) mass is 493 g/mol. The molecule has 0 saturated heterocycles. The molecule has 0 fully saturated rings. The third-order valence-corrected chi connectivity index (χ3v) is 5.95. The number of carbonyl (C=O) groups is 1. The maximum absolute atomic E-state index is 11.8. The van der Waals surface area contributed by atoms with Gasteiger partial charge in [0.2, 0.25) is 0 Å². The number of amides is 1. The van der Waals surface area contributed by atoms with Crippen molar-refractivity contribution in [1.82, 2.24) is 10.3 Å². The molecule has 2 N–H and O–H groups in total. The number of nitrogens with one attached hydrogen (secondary N) is 2. The van der Waals surface area contributed by atoms with Crippen LogP contribution < -0.4 is 10.6 Å². The first kappa shape index (κ1) is 29.8. The molecule has 4 atom stereocenters. The van der Waals surface area contributed by atoms with Crippen LogP contribution in [0.5, 0.6) is 0 Å². The molecule has 7 nitrogen and oxygen atoms in total. The minimum atomic E-state index is -0.483. The average molecular weight is 494 g/mol. The van der Waals surface area contributed by atoms with Crippen LogP contribution in [0.1, 0.15) is 61.3 Å². The summed E-state index contributed by atoms with van der Waals surface area (Å²) in [7, 11) is 1.95. The van der Waals surface area contributed by atoms with Crippen molar-refractivity contribution in [2.45, 2.75) is 79.0 Å². The lowest BCUT2D eigenvalue weighted by atomic mass is 9.88. The number of alkyl carbamates (subject to hydrolysis) is 1. The van der Waals surface area contributed by atoms with Crippen LogP contribution in [0.15, 0.2) is 46.8 Å². The highest BCUT2D eigenvalue weighted by Gasteiger charge is 2.20. The van der Waals surface area contributed by atoms with Gasteiger partial charge in [0.15, 0.2) is 0 Å². The third kappa shape index (κ3) is 12.8. The molecular weight excluding hydrogens is 450 g/mol. The van der Waals surface area contributed by atoms with Crippen molar-refractivity contribution in [1.29, 1.82) is 0 Å². The van der Waals surface area contributed by atoms with E-state index in [0.29, 0.717) is 18.4 Å². The van der Waals surface area contributed by atoms with Crippen molar-refractivity contribution < 1.29 is 9.53 Å². The van der Waals surface area contributed by atoms with E-state index in [1.807, 2.05) is 64.0 Å². The zero-order valence-corrected chi connectivity index (χ0v) is 22.9. The van der Waals surface area contributed by atoms with Gasteiger partial charge in [-0.15, -0.1) is 0 Å². The summed E-state index contributed by atoms with van der Waals surface area (Å²) >= 11 is 5.98. The van der Waals surface area contributed by atoms with E-state index in [0.717, 1.165) is 30.1 Å². The molecule has 1 amide bonds. The predicted octanol–water partition coefficient (Wildman–Crippen LogP) is 6.96. The van der Waals surface area contributed by atoms with E-state index in [9.17, 15) is 4.79 Å². The van der Waals surface area contributed by atoms with E-state index < -0.39 is 5.60 Å². The van der Waals surface area contributed by atoms with Gasteiger partial charge in [-0.3, -0.25) is 5.01 Å². The molecule has 0 radical (unpaired) electrons. The maximum atomic E-state index is 11.8. The topological polar surface area (TPSA) is 78.3 Å². The smallest absolute Gasteiger partial charge is 0.407 e. The van der Waals surface area contributed by atoms with Crippen LogP contribution in [0.4, 0.5) is 10.5 Å². The molecule has 0 aliphatic rings. The second kappa shape index (κ2) is 14.9. The molecule has 1 aromatic carbocycles. The number of rotatable bonds is 13. The quantitative estimate of drug-likeness (QED) is 0.177. The van der Waals surface area contributed by atoms with Crippen molar-refractivity contribution in [2.24, 2.45) is 22.2 Å². The van der Waals surface area contributed by atoms with Gasteiger partial charge in [0.1, 0.15) is 5.60 Å². The van der Waals surface area contributed by atoms with Crippen LogP contribution >= 0.6 is 11.6 Å². The van der Waals surface area contributed by atoms with Crippen LogP contribution in [0.2, 0.25) is 5.02 Å². The van der Waals surface area contributed by atoms with Crippen molar-refractivity contribution in [3.63, 3.8) is 0 Å². The zero-order valence-electron chi connectivity index (χ0n) is 22.1. The number of allylic oxidation sites excluding steroid dienone is 1. The largest absolute Gasteiger partial charge is 0.444 e. The van der Waals surface area contributed by atoms with E-state index in [1.165, 1.54) is 0 Å². The molecule has 0 saturated carbocycles. The lowest BCUT2D eigenvalue weighted by molar-refractivity contribution is 0.0523. The molecule has 0 heterocycles. The Kier molecular flexibility index (Phi) is 13.0. The summed E-state index contributed by atoms with van der Waals surface area (Å²) < 4.78 is 5.28. The number of benzene rings is 1. The lowest BCUT2D eigenvalue weighted by Gasteiger charge is -2.24. The summed E-state index contributed by atoms with van der Waals surface area (Å²) in [6.45, 7) is 15.4. The molecule has 0 aliphatic carbocycles. The van der Waals surface area contributed by atoms with Crippen LogP contribution in [0, 0.1) is 11.8 Å². The van der Waals surface area contributed by atoms with E-state index >= 15 is 0 Å². The first-order chi connectivity index (χ1) is 15.9. The number of anilines is 1. The molecule has 3 unspecified atom stereocenters. The van der Waals surface area contributed by atoms with E-state index in [2.05, 4.69) is 53.9 Å². The number of nitrogens with zero attached hydrogens (tertiary/aromatic N) is 3. The fraction of sp³-hybridized carbons (Fsp3) is 0.654. The number of ether oxygens (including phenoxy) is 1. The third-order valence-electron chi connectivity index (χ3n) is 5.70. The highest BCUT2D eigenvalue weighted by atomic mass is 35.5. The highest BCUT2D eigenvalue weighted by molar-refractivity contribution is 6.30. The zero-order chi connectivity index (χ0) is 25.7. The molecule has 0 bridgehead atoms. The number of hydrogen-bond donors (Lipinski definition) is 2. The standard InChI is InChI=1S/C26H44ClN5O2/c1-9-10-23(29-24-13-11-22(27)12-14-24)16-18-32(8)31-30-21(4)20(3)19(2)15-17-28-25(33)34-26(5,6)7/h9-14,19-21,23,29H,15-18H2,1-8H3,(H,28,33)/b10-9+,31-30?/t19?,20-,21?,23?/m0/s1. The molecule has 0 aromatic heterocycles. The summed E-state index contributed by atoms with van der Waals surface area (Å²) in [5, 5.41) is 17.9. The van der Waals surface area contributed by atoms with Gasteiger partial charge in [0, 0.05) is 36.9 Å². The predicted molar refractivity (Wildman–Crippen MR) is 142 cm³/mol. The molecule has 192 valence electrons. The number of hydrogen-bond acceptors (Lipinski definition) is 5. The van der Waals surface area contributed by atoms with Crippen LogP contribution in [-0.4, -0.2) is 48.9 Å². The first-order valence-electron chi connectivity index (χ1n) is 12.1. The normalized spacial score (nSPS) is 15.7. The van der Waals surface area contributed by atoms with Gasteiger partial charge in [-0.2, -0.15) is 5.11 Å². The van der Waals surface area contributed by atoms with Crippen LogP contribution in [0.3, 0.4) is 0 Å². The minimum absolute atomic E-state index is 0.0810. The Morgan fingerprint density at radius 1 is 1.18 bits per heavy atom. The van der Waals surface area contributed by atoms with Gasteiger partial charge in [0.25, 0.3) is 0 Å². The molecule has 8 heteroatoms. The van der Waals surface area contributed by atoms with Gasteiger partial charge < -0.3 is 15.4 Å². The molecule has 1 rings (SSSR count). The Morgan fingerprint density at radius 3 is 2.41 bits per heavy atom. The van der Waals surface area contributed by atoms with Gasteiger partial charge in [0.05, 0.1) is 6.04 Å². The molecule has 0 aliphatic heterocycles. The highest BCUT2D eigenvalue weighted by Crippen LogP contribution is 2.21. The van der Waals surface area contributed by atoms with Gasteiger partial charge >= 0.3 is 6.09 Å². The van der Waals surface area contributed by atoms with Crippen molar-refractivity contribution in [3.05, 3.63) is 41.4 Å². The van der Waals surface area contributed by atoms with E-state index in [4.69, 9.17) is 16.3 Å². The van der Waals surface area contributed by atoms with Crippen LogP contribution in [-0.2, 0) is 4.74 Å². The number of halogens is 1. The Balaban J connectivity index is 2.44. The second-order valence-corrected chi connectivity index (χ2v) is 10.4. The average Bonchev–Trinajstić information content (AvgIpc) is 2.75.